The minimum atomic E-state index is -0.848. The van der Waals surface area contributed by atoms with Crippen LogP contribution in [0.2, 0.25) is 0 Å². The van der Waals surface area contributed by atoms with Gasteiger partial charge in [-0.25, -0.2) is 4.79 Å². The fourth-order valence-electron chi connectivity index (χ4n) is 2.92. The van der Waals surface area contributed by atoms with Crippen molar-refractivity contribution in [3.63, 3.8) is 0 Å². The van der Waals surface area contributed by atoms with Crippen LogP contribution in [0.4, 0.5) is 4.79 Å². The number of aliphatic carboxylic acids is 1. The summed E-state index contributed by atoms with van der Waals surface area (Å²) < 4.78 is 5.32. The SMILES string of the molecule is CC(C)(C)OC(=O)N1CC2CC1(CC(=O)O)C2. The molecule has 1 aliphatic carbocycles. The summed E-state index contributed by atoms with van der Waals surface area (Å²) in [7, 11) is 0. The van der Waals surface area contributed by atoms with Crippen LogP contribution in [-0.4, -0.2) is 39.8 Å². The maximum Gasteiger partial charge on any atom is 0.410 e. The molecule has 0 spiro atoms. The second-order valence-electron chi connectivity index (χ2n) is 6.16. The molecule has 2 bridgehead atoms. The van der Waals surface area contributed by atoms with Gasteiger partial charge in [-0.2, -0.15) is 0 Å². The van der Waals surface area contributed by atoms with Gasteiger partial charge in [-0.1, -0.05) is 0 Å². The third-order valence-corrected chi connectivity index (χ3v) is 3.44. The van der Waals surface area contributed by atoms with Gasteiger partial charge in [0.05, 0.1) is 12.0 Å². The van der Waals surface area contributed by atoms with Crippen molar-refractivity contribution in [2.75, 3.05) is 6.54 Å². The van der Waals surface area contributed by atoms with Crippen molar-refractivity contribution in [3.8, 4) is 0 Å². The van der Waals surface area contributed by atoms with Crippen LogP contribution in [0.1, 0.15) is 40.0 Å². The van der Waals surface area contributed by atoms with Gasteiger partial charge in [0.25, 0.3) is 0 Å². The minimum Gasteiger partial charge on any atom is -0.481 e. The van der Waals surface area contributed by atoms with Crippen LogP contribution >= 0.6 is 0 Å². The quantitative estimate of drug-likeness (QED) is 0.801. The summed E-state index contributed by atoms with van der Waals surface area (Å²) in [4.78, 5) is 24.5. The molecule has 0 aromatic heterocycles. The fourth-order valence-corrected chi connectivity index (χ4v) is 2.92. The van der Waals surface area contributed by atoms with Gasteiger partial charge in [-0.05, 0) is 39.5 Å². The lowest BCUT2D eigenvalue weighted by atomic mass is 9.71. The van der Waals surface area contributed by atoms with Gasteiger partial charge in [-0.3, -0.25) is 4.79 Å². The Balaban J connectivity index is 2.06. The highest BCUT2D eigenvalue weighted by atomic mass is 16.6. The Bertz CT molecular complexity index is 352. The van der Waals surface area contributed by atoms with E-state index in [0.717, 1.165) is 12.8 Å². The molecule has 5 nitrogen and oxygen atoms in total. The lowest BCUT2D eigenvalue weighted by Gasteiger charge is -2.41. The number of carboxylic acid groups (broad SMARTS) is 1. The Morgan fingerprint density at radius 2 is 2.00 bits per heavy atom. The van der Waals surface area contributed by atoms with Crippen molar-refractivity contribution in [1.82, 2.24) is 4.90 Å². The van der Waals surface area contributed by atoms with E-state index >= 15 is 0 Å². The first-order chi connectivity index (χ1) is 7.72. The van der Waals surface area contributed by atoms with E-state index in [9.17, 15) is 9.59 Å². The first kappa shape index (κ1) is 12.2. The van der Waals surface area contributed by atoms with E-state index in [0.29, 0.717) is 12.5 Å². The number of carbonyl (C=O) groups excluding carboxylic acids is 1. The lowest BCUT2D eigenvalue weighted by Crippen LogP contribution is -2.51. The Labute approximate surface area is 101 Å². The average Bonchev–Trinajstić information content (AvgIpc) is 2.52. The van der Waals surface area contributed by atoms with Crippen molar-refractivity contribution >= 4 is 12.1 Å². The monoisotopic (exact) mass is 241 g/mol. The Kier molecular flexibility index (Phi) is 2.60. The van der Waals surface area contributed by atoms with Crippen LogP contribution in [0.15, 0.2) is 0 Å². The van der Waals surface area contributed by atoms with Crippen molar-refractivity contribution in [2.45, 2.75) is 51.2 Å². The van der Waals surface area contributed by atoms with E-state index in [4.69, 9.17) is 9.84 Å². The first-order valence-electron chi connectivity index (χ1n) is 5.94. The Morgan fingerprint density at radius 1 is 1.41 bits per heavy atom. The van der Waals surface area contributed by atoms with Crippen LogP contribution in [0.25, 0.3) is 0 Å². The van der Waals surface area contributed by atoms with Crippen molar-refractivity contribution in [3.05, 3.63) is 0 Å². The maximum atomic E-state index is 12.0. The van der Waals surface area contributed by atoms with E-state index < -0.39 is 17.1 Å². The largest absolute Gasteiger partial charge is 0.481 e. The lowest BCUT2D eigenvalue weighted by molar-refractivity contribution is -0.140. The molecule has 0 unspecified atom stereocenters. The number of hydrogen-bond donors (Lipinski definition) is 1. The normalized spacial score (nSPS) is 31.0. The number of fused-ring (bicyclic) bond motifs is 1. The number of nitrogens with zero attached hydrogens (tertiary/aromatic N) is 1. The summed E-state index contributed by atoms with van der Waals surface area (Å²) >= 11 is 0. The van der Waals surface area contributed by atoms with Crippen LogP contribution in [0, 0.1) is 5.92 Å². The van der Waals surface area contributed by atoms with Gasteiger partial charge in [0.1, 0.15) is 5.60 Å². The molecule has 2 saturated heterocycles. The minimum absolute atomic E-state index is 0.0305. The number of carbonyl (C=O) groups is 2. The van der Waals surface area contributed by atoms with Gasteiger partial charge in [-0.15, -0.1) is 0 Å². The third kappa shape index (κ3) is 2.23. The standard InChI is InChI=1S/C12H19NO4/c1-11(2,3)17-10(16)13-7-8-4-12(13,5-8)6-9(14)15/h8H,4-7H2,1-3H3,(H,14,15). The molecule has 96 valence electrons. The molecule has 2 heterocycles. The van der Waals surface area contributed by atoms with Gasteiger partial charge in [0.2, 0.25) is 0 Å². The molecule has 3 rings (SSSR count). The van der Waals surface area contributed by atoms with E-state index in [2.05, 4.69) is 0 Å². The molecule has 3 fully saturated rings. The molecule has 1 amide bonds. The molecule has 17 heavy (non-hydrogen) atoms. The molecule has 0 radical (unpaired) electrons. The van der Waals surface area contributed by atoms with E-state index in [1.54, 1.807) is 4.90 Å². The predicted octanol–water partition coefficient (Wildman–Crippen LogP) is 1.86. The molecular formula is C12H19NO4. The zero-order valence-corrected chi connectivity index (χ0v) is 10.5. The molecule has 1 N–H and O–H groups in total. The summed E-state index contributed by atoms with van der Waals surface area (Å²) in [6.45, 7) is 6.09. The predicted molar refractivity (Wildman–Crippen MR) is 60.6 cm³/mol. The molecule has 3 aliphatic rings. The smallest absolute Gasteiger partial charge is 0.410 e. The Hall–Kier alpha value is -1.26. The fraction of sp³-hybridized carbons (Fsp3) is 0.833. The highest BCUT2D eigenvalue weighted by molar-refractivity contribution is 5.74. The zero-order chi connectivity index (χ0) is 12.8. The van der Waals surface area contributed by atoms with E-state index in [1.807, 2.05) is 20.8 Å². The topological polar surface area (TPSA) is 66.8 Å². The van der Waals surface area contributed by atoms with Crippen molar-refractivity contribution < 1.29 is 19.4 Å². The molecule has 2 aliphatic heterocycles. The van der Waals surface area contributed by atoms with Crippen LogP contribution in [0.3, 0.4) is 0 Å². The van der Waals surface area contributed by atoms with Crippen LogP contribution in [0.5, 0.6) is 0 Å². The van der Waals surface area contributed by atoms with Crippen LogP contribution in [-0.2, 0) is 9.53 Å². The van der Waals surface area contributed by atoms with Gasteiger partial charge < -0.3 is 14.7 Å². The number of amides is 1. The number of carboxylic acids is 1. The highest BCUT2D eigenvalue weighted by Crippen LogP contribution is 2.52. The first-order valence-corrected chi connectivity index (χ1v) is 5.94. The average molecular weight is 241 g/mol. The van der Waals surface area contributed by atoms with Crippen LogP contribution < -0.4 is 0 Å². The maximum absolute atomic E-state index is 12.0. The molecule has 0 aromatic rings. The Morgan fingerprint density at radius 3 is 2.47 bits per heavy atom. The second-order valence-corrected chi connectivity index (χ2v) is 6.16. The number of hydrogen-bond acceptors (Lipinski definition) is 3. The molecule has 0 atom stereocenters. The molecule has 5 heteroatoms. The highest BCUT2D eigenvalue weighted by Gasteiger charge is 2.59. The molecular weight excluding hydrogens is 222 g/mol. The molecule has 0 aromatic carbocycles. The van der Waals surface area contributed by atoms with E-state index in [1.165, 1.54) is 0 Å². The second kappa shape index (κ2) is 3.62. The van der Waals surface area contributed by atoms with Crippen molar-refractivity contribution in [2.24, 2.45) is 5.92 Å². The van der Waals surface area contributed by atoms with Gasteiger partial charge >= 0.3 is 12.1 Å². The summed E-state index contributed by atoms with van der Waals surface area (Å²) in [5.41, 5.74) is -1.01. The third-order valence-electron chi connectivity index (χ3n) is 3.44. The van der Waals surface area contributed by atoms with Gasteiger partial charge in [0, 0.05) is 6.54 Å². The zero-order valence-electron chi connectivity index (χ0n) is 10.5. The van der Waals surface area contributed by atoms with Gasteiger partial charge in [0.15, 0.2) is 0 Å². The van der Waals surface area contributed by atoms with E-state index in [-0.39, 0.29) is 12.5 Å². The summed E-state index contributed by atoms with van der Waals surface area (Å²) in [5.74, 6) is -0.388. The summed E-state index contributed by atoms with van der Waals surface area (Å²) in [5, 5.41) is 8.92. The molecule has 1 saturated carbocycles. The number of rotatable bonds is 2. The van der Waals surface area contributed by atoms with Crippen molar-refractivity contribution in [1.29, 1.82) is 0 Å². The summed E-state index contributed by atoms with van der Waals surface area (Å²) in [6.07, 6.45) is 1.26. The summed E-state index contributed by atoms with van der Waals surface area (Å²) in [6, 6.07) is 0. The number of ether oxygens (including phenoxy) is 1.